The highest BCUT2D eigenvalue weighted by atomic mass is 16.3. The fourth-order valence-corrected chi connectivity index (χ4v) is 4.38. The Labute approximate surface area is 165 Å². The topological polar surface area (TPSA) is 65.3 Å². The molecule has 2 N–H and O–H groups in total. The smallest absolute Gasteiger partial charge is 0.292 e. The summed E-state index contributed by atoms with van der Waals surface area (Å²) in [5.74, 6) is 0.0691. The van der Waals surface area contributed by atoms with Crippen molar-refractivity contribution in [1.82, 2.24) is 0 Å². The first-order valence-electron chi connectivity index (χ1n) is 9.77. The zero-order valence-corrected chi connectivity index (χ0v) is 16.3. The van der Waals surface area contributed by atoms with Crippen LogP contribution in [0.4, 0.5) is 11.4 Å². The van der Waals surface area contributed by atoms with Gasteiger partial charge in [-0.3, -0.25) is 9.59 Å². The number of hydrogen-bond acceptors (Lipinski definition) is 4. The molecule has 2 heterocycles. The van der Waals surface area contributed by atoms with Crippen LogP contribution in [-0.2, 0) is 9.59 Å². The van der Waals surface area contributed by atoms with Crippen LogP contribution in [0.15, 0.2) is 42.5 Å². The summed E-state index contributed by atoms with van der Waals surface area (Å²) in [4.78, 5) is 30.4. The summed E-state index contributed by atoms with van der Waals surface area (Å²) in [5, 5.41) is 10.1. The van der Waals surface area contributed by atoms with Crippen LogP contribution < -0.4 is 14.7 Å². The van der Waals surface area contributed by atoms with Gasteiger partial charge in [0.2, 0.25) is 5.91 Å². The largest absolute Gasteiger partial charge is 0.506 e. The molecule has 0 aliphatic carbocycles. The van der Waals surface area contributed by atoms with Crippen molar-refractivity contribution in [2.75, 3.05) is 36.0 Å². The molecular formula is C22H26N3O3+. The number of carbonyl (C=O) groups is 2. The Morgan fingerprint density at radius 1 is 1.00 bits per heavy atom. The highest BCUT2D eigenvalue weighted by Gasteiger charge is 2.46. The number of aromatic hydroxyl groups is 1. The maximum Gasteiger partial charge on any atom is 0.292 e. The molecular weight excluding hydrogens is 354 g/mol. The second kappa shape index (κ2) is 7.28. The summed E-state index contributed by atoms with van der Waals surface area (Å²) in [6, 6.07) is 12.8. The Morgan fingerprint density at radius 2 is 1.71 bits per heavy atom. The van der Waals surface area contributed by atoms with E-state index in [1.54, 1.807) is 6.07 Å². The second-order valence-electron chi connectivity index (χ2n) is 7.75. The lowest BCUT2D eigenvalue weighted by Crippen LogP contribution is -3.19. The first-order valence-corrected chi connectivity index (χ1v) is 9.77. The van der Waals surface area contributed by atoms with Crippen molar-refractivity contribution in [2.45, 2.75) is 26.3 Å². The molecule has 2 aliphatic heterocycles. The monoisotopic (exact) mass is 380 g/mol. The number of piperazine rings is 1. The molecule has 1 atom stereocenters. The molecule has 2 aromatic carbocycles. The number of rotatable bonds is 3. The van der Waals surface area contributed by atoms with Crippen LogP contribution in [-0.4, -0.2) is 49.1 Å². The fraction of sp³-hybridized carbons (Fsp3) is 0.364. The molecule has 0 unspecified atom stereocenters. The molecule has 2 saturated heterocycles. The number of anilines is 2. The number of nitrogens with one attached hydrogen (secondary N) is 1. The van der Waals surface area contributed by atoms with Crippen LogP contribution in [0.25, 0.3) is 0 Å². The second-order valence-corrected chi connectivity index (χ2v) is 7.75. The lowest BCUT2D eigenvalue weighted by Gasteiger charge is -2.35. The summed E-state index contributed by atoms with van der Waals surface area (Å²) >= 11 is 0. The van der Waals surface area contributed by atoms with Gasteiger partial charge in [0.1, 0.15) is 5.75 Å². The van der Waals surface area contributed by atoms with Crippen LogP contribution in [0.2, 0.25) is 0 Å². The van der Waals surface area contributed by atoms with E-state index in [1.807, 2.05) is 50.2 Å². The van der Waals surface area contributed by atoms with Gasteiger partial charge in [0.05, 0.1) is 44.0 Å². The van der Waals surface area contributed by atoms with Crippen LogP contribution in [0.5, 0.6) is 5.75 Å². The predicted molar refractivity (Wildman–Crippen MR) is 108 cm³/mol. The minimum Gasteiger partial charge on any atom is -0.506 e. The van der Waals surface area contributed by atoms with E-state index in [4.69, 9.17) is 0 Å². The number of amides is 2. The quantitative estimate of drug-likeness (QED) is 0.782. The van der Waals surface area contributed by atoms with Crippen molar-refractivity contribution >= 4 is 23.2 Å². The number of phenols is 1. The highest BCUT2D eigenvalue weighted by molar-refractivity contribution is 6.22. The number of imide groups is 1. The number of quaternary nitrogens is 1. The number of aryl methyl sites for hydroxylation is 2. The van der Waals surface area contributed by atoms with Crippen LogP contribution in [0.1, 0.15) is 17.5 Å². The number of phenolic OH excluding ortho intramolecular Hbond substituents is 1. The van der Waals surface area contributed by atoms with E-state index in [1.165, 1.54) is 4.90 Å². The van der Waals surface area contributed by atoms with Gasteiger partial charge in [-0.15, -0.1) is 0 Å². The Bertz CT molecular complexity index is 919. The first kappa shape index (κ1) is 18.5. The maximum atomic E-state index is 13.1. The molecule has 2 fully saturated rings. The minimum absolute atomic E-state index is 0.0945. The Hall–Kier alpha value is -2.86. The Kier molecular flexibility index (Phi) is 4.81. The number of para-hydroxylation sites is 2. The standard InChI is InChI=1S/C22H25N3O3/c1-15-7-8-17(16(2)13-15)25-21(27)14-19(22(25)28)24-11-9-23(10-12-24)18-5-3-4-6-20(18)26/h3-8,13,19,26H,9-12,14H2,1-2H3/p+1/t19-/m0/s1. The third-order valence-corrected chi connectivity index (χ3v) is 5.86. The molecule has 2 aromatic rings. The van der Waals surface area contributed by atoms with Crippen LogP contribution in [0.3, 0.4) is 0 Å². The van der Waals surface area contributed by atoms with Crippen molar-refractivity contribution in [3.8, 4) is 5.75 Å². The van der Waals surface area contributed by atoms with Gasteiger partial charge in [-0.1, -0.05) is 29.8 Å². The molecule has 2 amide bonds. The summed E-state index contributed by atoms with van der Waals surface area (Å²) in [7, 11) is 0. The molecule has 6 heteroatoms. The summed E-state index contributed by atoms with van der Waals surface area (Å²) in [6.07, 6.45) is 0.262. The van der Waals surface area contributed by atoms with E-state index in [0.29, 0.717) is 5.69 Å². The Morgan fingerprint density at radius 3 is 2.39 bits per heavy atom. The van der Waals surface area contributed by atoms with Gasteiger partial charge in [0, 0.05) is 0 Å². The predicted octanol–water partition coefficient (Wildman–Crippen LogP) is 1.05. The van der Waals surface area contributed by atoms with E-state index in [-0.39, 0.29) is 30.0 Å². The Balaban J connectivity index is 1.47. The zero-order chi connectivity index (χ0) is 19.8. The SMILES string of the molecule is Cc1ccc(N2C(=O)C[C@H]([NH+]3CCN(c4ccccc4O)CC3)C2=O)c(C)c1. The zero-order valence-electron chi connectivity index (χ0n) is 16.3. The first-order chi connectivity index (χ1) is 13.5. The van der Waals surface area contributed by atoms with E-state index in [0.717, 1.165) is 47.9 Å². The average molecular weight is 380 g/mol. The normalized spacial score (nSPS) is 20.9. The van der Waals surface area contributed by atoms with E-state index in [2.05, 4.69) is 4.90 Å². The van der Waals surface area contributed by atoms with Gasteiger partial charge in [0.25, 0.3) is 5.91 Å². The molecule has 146 valence electrons. The summed E-state index contributed by atoms with van der Waals surface area (Å²) in [5.41, 5.74) is 3.59. The number of carbonyl (C=O) groups excluding carboxylic acids is 2. The van der Waals surface area contributed by atoms with Gasteiger partial charge in [-0.05, 0) is 37.6 Å². The van der Waals surface area contributed by atoms with Gasteiger partial charge >= 0.3 is 0 Å². The lowest BCUT2D eigenvalue weighted by atomic mass is 10.1. The molecule has 28 heavy (non-hydrogen) atoms. The van der Waals surface area contributed by atoms with Crippen LogP contribution >= 0.6 is 0 Å². The third-order valence-electron chi connectivity index (χ3n) is 5.86. The maximum absolute atomic E-state index is 13.1. The highest BCUT2D eigenvalue weighted by Crippen LogP contribution is 2.28. The van der Waals surface area contributed by atoms with Crippen LogP contribution in [0, 0.1) is 13.8 Å². The number of hydrogen-bond donors (Lipinski definition) is 2. The van der Waals surface area contributed by atoms with Gasteiger partial charge in [-0.25, -0.2) is 4.90 Å². The fourth-order valence-electron chi connectivity index (χ4n) is 4.38. The average Bonchev–Trinajstić information content (AvgIpc) is 2.97. The molecule has 6 nitrogen and oxygen atoms in total. The number of nitrogens with zero attached hydrogens (tertiary/aromatic N) is 2. The molecule has 0 aromatic heterocycles. The summed E-state index contributed by atoms with van der Waals surface area (Å²) < 4.78 is 0. The van der Waals surface area contributed by atoms with Crippen molar-refractivity contribution < 1.29 is 19.6 Å². The van der Waals surface area contributed by atoms with E-state index in [9.17, 15) is 14.7 Å². The summed E-state index contributed by atoms with van der Waals surface area (Å²) in [6.45, 7) is 6.95. The molecule has 0 radical (unpaired) electrons. The molecule has 0 saturated carbocycles. The van der Waals surface area contributed by atoms with E-state index < -0.39 is 0 Å². The van der Waals surface area contributed by atoms with Crippen molar-refractivity contribution in [2.24, 2.45) is 0 Å². The number of benzene rings is 2. The van der Waals surface area contributed by atoms with Gasteiger partial charge < -0.3 is 14.9 Å². The third kappa shape index (κ3) is 3.24. The minimum atomic E-state index is -0.320. The molecule has 0 spiro atoms. The molecule has 4 rings (SSSR count). The molecule has 2 aliphatic rings. The van der Waals surface area contributed by atoms with Crippen molar-refractivity contribution in [3.05, 3.63) is 53.6 Å². The lowest BCUT2D eigenvalue weighted by molar-refractivity contribution is -0.915. The van der Waals surface area contributed by atoms with Crippen molar-refractivity contribution in [3.63, 3.8) is 0 Å². The molecule has 0 bridgehead atoms. The van der Waals surface area contributed by atoms with Gasteiger partial charge in [0.15, 0.2) is 6.04 Å². The van der Waals surface area contributed by atoms with Crippen molar-refractivity contribution in [1.29, 1.82) is 0 Å². The van der Waals surface area contributed by atoms with Gasteiger partial charge in [-0.2, -0.15) is 0 Å². The van der Waals surface area contributed by atoms with E-state index >= 15 is 0 Å².